The van der Waals surface area contributed by atoms with Crippen LogP contribution in [-0.2, 0) is 11.3 Å². The Kier molecular flexibility index (Phi) is 6.92. The number of hydrogen-bond acceptors (Lipinski definition) is 7. The van der Waals surface area contributed by atoms with Crippen molar-refractivity contribution in [2.75, 3.05) is 18.7 Å². The van der Waals surface area contributed by atoms with Gasteiger partial charge in [0.1, 0.15) is 5.75 Å². The summed E-state index contributed by atoms with van der Waals surface area (Å²) in [5.74, 6) is 0.844. The number of hydrogen-bond donors (Lipinski definition) is 2. The van der Waals surface area contributed by atoms with Gasteiger partial charge in [0.15, 0.2) is 11.5 Å². The first-order valence-corrected chi connectivity index (χ1v) is 10.5. The topological polar surface area (TPSA) is 112 Å². The fourth-order valence-electron chi connectivity index (χ4n) is 3.20. The van der Waals surface area contributed by atoms with E-state index < -0.39 is 6.16 Å². The third-order valence-corrected chi connectivity index (χ3v) is 4.85. The lowest BCUT2D eigenvalue weighted by molar-refractivity contribution is 0.0948. The summed E-state index contributed by atoms with van der Waals surface area (Å²) in [5.41, 5.74) is 2.23. The molecule has 0 radical (unpaired) electrons. The van der Waals surface area contributed by atoms with Crippen LogP contribution >= 0.6 is 0 Å². The zero-order chi connectivity index (χ0) is 23.9. The van der Waals surface area contributed by atoms with Gasteiger partial charge < -0.3 is 29.6 Å². The molecule has 174 valence electrons. The zero-order valence-electron chi connectivity index (χ0n) is 18.3. The summed E-state index contributed by atoms with van der Waals surface area (Å²) >= 11 is 0. The van der Waals surface area contributed by atoms with Crippen LogP contribution in [0.2, 0.25) is 0 Å². The molecule has 0 spiro atoms. The Hall–Kier alpha value is -4.53. The van der Waals surface area contributed by atoms with Crippen molar-refractivity contribution >= 4 is 23.7 Å². The number of benzene rings is 3. The highest BCUT2D eigenvalue weighted by Gasteiger charge is 2.16. The number of nitrogens with one attached hydrogen (secondary N) is 2. The molecule has 3 aromatic rings. The fraction of sp³-hybridized carbons (Fsp3) is 0.160. The summed E-state index contributed by atoms with van der Waals surface area (Å²) in [6.07, 6.45) is -0.804. The second-order valence-corrected chi connectivity index (χ2v) is 7.21. The highest BCUT2D eigenvalue weighted by atomic mass is 16.7. The minimum absolute atomic E-state index is 0.143. The smallest absolute Gasteiger partial charge is 0.454 e. The van der Waals surface area contributed by atoms with Crippen molar-refractivity contribution in [3.05, 3.63) is 83.4 Å². The molecule has 2 N–H and O–H groups in total. The Bertz CT molecular complexity index is 1210. The van der Waals surface area contributed by atoms with E-state index in [1.165, 1.54) is 12.1 Å². The largest absolute Gasteiger partial charge is 0.513 e. The van der Waals surface area contributed by atoms with Gasteiger partial charge in [0, 0.05) is 23.4 Å². The lowest BCUT2D eigenvalue weighted by atomic mass is 10.1. The maximum atomic E-state index is 12.6. The van der Waals surface area contributed by atoms with Crippen molar-refractivity contribution in [1.29, 1.82) is 0 Å². The van der Waals surface area contributed by atoms with E-state index in [9.17, 15) is 14.4 Å². The van der Waals surface area contributed by atoms with Crippen molar-refractivity contribution in [2.45, 2.75) is 13.5 Å². The van der Waals surface area contributed by atoms with Gasteiger partial charge in [-0.2, -0.15) is 0 Å². The van der Waals surface area contributed by atoms with Gasteiger partial charge in [-0.25, -0.2) is 4.79 Å². The molecule has 4 rings (SSSR count). The van der Waals surface area contributed by atoms with Gasteiger partial charge in [-0.05, 0) is 67.1 Å². The molecule has 0 atom stereocenters. The van der Waals surface area contributed by atoms with Crippen LogP contribution in [0.25, 0.3) is 0 Å². The highest BCUT2D eigenvalue weighted by molar-refractivity contribution is 6.04. The summed E-state index contributed by atoms with van der Waals surface area (Å²) < 4.78 is 20.3. The van der Waals surface area contributed by atoms with E-state index in [-0.39, 0.29) is 37.5 Å². The lowest BCUT2D eigenvalue weighted by Gasteiger charge is -2.10. The summed E-state index contributed by atoms with van der Waals surface area (Å²) in [4.78, 5) is 36.4. The summed E-state index contributed by atoms with van der Waals surface area (Å²) in [7, 11) is 0. The fourth-order valence-corrected chi connectivity index (χ4v) is 3.20. The molecule has 9 nitrogen and oxygen atoms in total. The van der Waals surface area contributed by atoms with Gasteiger partial charge in [0.2, 0.25) is 6.79 Å². The standard InChI is InChI=1S/C25H22N2O7/c1-2-31-25(30)34-20-9-6-17(7-10-20)24(29)27-19-5-3-4-16(12-19)14-26-23(28)18-8-11-21-22(13-18)33-15-32-21/h3-13H,2,14-15H2,1H3,(H,26,28)(H,27,29). The number of ether oxygens (including phenoxy) is 4. The first kappa shape index (κ1) is 22.7. The molecule has 0 saturated carbocycles. The van der Waals surface area contributed by atoms with Gasteiger partial charge >= 0.3 is 6.16 Å². The van der Waals surface area contributed by atoms with E-state index in [0.717, 1.165) is 5.56 Å². The number of carbonyl (C=O) groups is 3. The van der Waals surface area contributed by atoms with Crippen molar-refractivity contribution in [3.8, 4) is 17.2 Å². The second-order valence-electron chi connectivity index (χ2n) is 7.21. The molecular weight excluding hydrogens is 440 g/mol. The molecule has 1 aliphatic rings. The Labute approximate surface area is 195 Å². The van der Waals surface area contributed by atoms with Crippen LogP contribution in [-0.4, -0.2) is 31.4 Å². The number of rotatable bonds is 7. The molecule has 0 aromatic heterocycles. The monoisotopic (exact) mass is 462 g/mol. The van der Waals surface area contributed by atoms with Crippen molar-refractivity contribution < 1.29 is 33.3 Å². The molecule has 0 saturated heterocycles. The first-order chi connectivity index (χ1) is 16.5. The van der Waals surface area contributed by atoms with E-state index >= 15 is 0 Å². The minimum atomic E-state index is -0.804. The van der Waals surface area contributed by atoms with E-state index in [1.807, 2.05) is 6.07 Å². The number of anilines is 1. The van der Waals surface area contributed by atoms with Crippen LogP contribution in [0.15, 0.2) is 66.7 Å². The van der Waals surface area contributed by atoms with Crippen LogP contribution in [0.3, 0.4) is 0 Å². The van der Waals surface area contributed by atoms with Crippen molar-refractivity contribution in [3.63, 3.8) is 0 Å². The number of carbonyl (C=O) groups excluding carboxylic acids is 3. The van der Waals surface area contributed by atoms with E-state index in [1.54, 1.807) is 55.5 Å². The molecule has 1 aliphatic heterocycles. The molecule has 2 amide bonds. The van der Waals surface area contributed by atoms with Gasteiger partial charge in [-0.1, -0.05) is 12.1 Å². The lowest BCUT2D eigenvalue weighted by Crippen LogP contribution is -2.22. The molecule has 0 aliphatic carbocycles. The Morgan fingerprint density at radius 3 is 2.44 bits per heavy atom. The Balaban J connectivity index is 1.32. The number of fused-ring (bicyclic) bond motifs is 1. The normalized spacial score (nSPS) is 11.4. The molecule has 3 aromatic carbocycles. The van der Waals surface area contributed by atoms with Crippen molar-refractivity contribution in [1.82, 2.24) is 5.32 Å². The summed E-state index contributed by atoms with van der Waals surface area (Å²) in [6.45, 7) is 2.30. The predicted octanol–water partition coefficient (Wildman–Crippen LogP) is 4.13. The van der Waals surface area contributed by atoms with Gasteiger partial charge in [0.25, 0.3) is 11.8 Å². The highest BCUT2D eigenvalue weighted by Crippen LogP contribution is 2.32. The van der Waals surface area contributed by atoms with Crippen LogP contribution in [0.1, 0.15) is 33.2 Å². The molecule has 1 heterocycles. The van der Waals surface area contributed by atoms with Crippen LogP contribution in [0, 0.1) is 0 Å². The maximum absolute atomic E-state index is 12.6. The first-order valence-electron chi connectivity index (χ1n) is 10.5. The average Bonchev–Trinajstić information content (AvgIpc) is 3.31. The Morgan fingerprint density at radius 2 is 1.65 bits per heavy atom. The second kappa shape index (κ2) is 10.4. The van der Waals surface area contributed by atoms with Gasteiger partial charge in [0.05, 0.1) is 6.61 Å². The van der Waals surface area contributed by atoms with Gasteiger partial charge in [-0.15, -0.1) is 0 Å². The van der Waals surface area contributed by atoms with Crippen LogP contribution in [0.5, 0.6) is 17.2 Å². The van der Waals surface area contributed by atoms with Crippen LogP contribution in [0.4, 0.5) is 10.5 Å². The van der Waals surface area contributed by atoms with Crippen LogP contribution < -0.4 is 24.8 Å². The minimum Gasteiger partial charge on any atom is -0.454 e. The number of amides is 2. The summed E-state index contributed by atoms with van der Waals surface area (Å²) in [6, 6.07) is 18.3. The Morgan fingerprint density at radius 1 is 0.882 bits per heavy atom. The molecule has 9 heteroatoms. The molecule has 0 unspecified atom stereocenters. The quantitative estimate of drug-likeness (QED) is 0.401. The molecule has 0 bridgehead atoms. The zero-order valence-corrected chi connectivity index (χ0v) is 18.3. The molecule has 0 fully saturated rings. The maximum Gasteiger partial charge on any atom is 0.513 e. The molecular formula is C25H22N2O7. The molecule has 34 heavy (non-hydrogen) atoms. The van der Waals surface area contributed by atoms with E-state index in [2.05, 4.69) is 10.6 Å². The summed E-state index contributed by atoms with van der Waals surface area (Å²) in [5, 5.41) is 5.66. The SMILES string of the molecule is CCOC(=O)Oc1ccc(C(=O)Nc2cccc(CNC(=O)c3ccc4c(c3)OCO4)c2)cc1. The van der Waals surface area contributed by atoms with E-state index in [0.29, 0.717) is 28.3 Å². The van der Waals surface area contributed by atoms with Gasteiger partial charge in [-0.3, -0.25) is 9.59 Å². The third-order valence-electron chi connectivity index (χ3n) is 4.85. The van der Waals surface area contributed by atoms with E-state index in [4.69, 9.17) is 18.9 Å². The third kappa shape index (κ3) is 5.63. The predicted molar refractivity (Wildman–Crippen MR) is 122 cm³/mol. The average molecular weight is 462 g/mol. The van der Waals surface area contributed by atoms with Crippen molar-refractivity contribution in [2.24, 2.45) is 0 Å².